The highest BCUT2D eigenvalue weighted by atomic mass is 16.4. The molecule has 2 heterocycles. The molecular formula is C8H12N2O2. The van der Waals surface area contributed by atoms with E-state index in [4.69, 9.17) is 5.11 Å². The van der Waals surface area contributed by atoms with Gasteiger partial charge >= 0.3 is 5.97 Å². The number of rotatable bonds is 1. The van der Waals surface area contributed by atoms with Crippen LogP contribution in [-0.4, -0.2) is 40.9 Å². The average Bonchev–Trinajstić information content (AvgIpc) is 2.46. The molecule has 12 heavy (non-hydrogen) atoms. The van der Waals surface area contributed by atoms with E-state index in [9.17, 15) is 4.79 Å². The molecular weight excluding hydrogens is 156 g/mol. The van der Waals surface area contributed by atoms with Crippen LogP contribution in [0.4, 0.5) is 0 Å². The molecule has 2 aliphatic heterocycles. The van der Waals surface area contributed by atoms with Crippen molar-refractivity contribution in [3.63, 3.8) is 0 Å². The lowest BCUT2D eigenvalue weighted by Crippen LogP contribution is -2.36. The van der Waals surface area contributed by atoms with Crippen molar-refractivity contribution in [2.24, 2.45) is 4.99 Å². The van der Waals surface area contributed by atoms with Crippen LogP contribution in [0, 0.1) is 0 Å². The molecule has 0 aromatic carbocycles. The van der Waals surface area contributed by atoms with Crippen LogP contribution in [0.3, 0.4) is 0 Å². The van der Waals surface area contributed by atoms with Gasteiger partial charge in [-0.3, -0.25) is 9.89 Å². The van der Waals surface area contributed by atoms with Crippen molar-refractivity contribution in [2.75, 3.05) is 13.1 Å². The topological polar surface area (TPSA) is 52.9 Å². The maximum absolute atomic E-state index is 10.6. The fourth-order valence-corrected chi connectivity index (χ4v) is 1.84. The molecule has 0 saturated carbocycles. The third kappa shape index (κ3) is 1.22. The Bertz CT molecular complexity index is 237. The predicted octanol–water partition coefficient (Wildman–Crippen LogP) is 0.338. The Hall–Kier alpha value is -0.900. The highest BCUT2D eigenvalue weighted by Gasteiger charge is 2.31. The number of hydrogen-bond donors (Lipinski definition) is 1. The zero-order valence-electron chi connectivity index (χ0n) is 6.86. The van der Waals surface area contributed by atoms with Gasteiger partial charge in [-0.2, -0.15) is 0 Å². The number of aliphatic imine (C=N–C) groups is 1. The lowest BCUT2D eigenvalue weighted by Gasteiger charge is -2.26. The average molecular weight is 168 g/mol. The van der Waals surface area contributed by atoms with Crippen molar-refractivity contribution in [2.45, 2.75) is 25.4 Å². The van der Waals surface area contributed by atoms with E-state index < -0.39 is 5.97 Å². The Balaban J connectivity index is 2.09. The first-order valence-electron chi connectivity index (χ1n) is 4.31. The summed E-state index contributed by atoms with van der Waals surface area (Å²) >= 11 is 0. The van der Waals surface area contributed by atoms with Crippen LogP contribution in [0.2, 0.25) is 0 Å². The van der Waals surface area contributed by atoms with Gasteiger partial charge in [-0.05, 0) is 19.3 Å². The van der Waals surface area contributed by atoms with Crippen molar-refractivity contribution in [1.29, 1.82) is 0 Å². The third-order valence-electron chi connectivity index (χ3n) is 2.48. The first-order valence-corrected chi connectivity index (χ1v) is 4.31. The van der Waals surface area contributed by atoms with Crippen molar-refractivity contribution < 1.29 is 9.90 Å². The van der Waals surface area contributed by atoms with Gasteiger partial charge in [0.05, 0.1) is 0 Å². The Morgan fingerprint density at radius 3 is 3.08 bits per heavy atom. The molecule has 0 aliphatic carbocycles. The highest BCUT2D eigenvalue weighted by Crippen LogP contribution is 2.21. The summed E-state index contributed by atoms with van der Waals surface area (Å²) in [6.45, 7) is 1.55. The predicted molar refractivity (Wildman–Crippen MR) is 44.3 cm³/mol. The SMILES string of the molecule is O=C(O)C1=NC2CCCCN2C1. The molecule has 2 rings (SSSR count). The lowest BCUT2D eigenvalue weighted by molar-refractivity contribution is -0.129. The summed E-state index contributed by atoms with van der Waals surface area (Å²) in [5.74, 6) is -0.857. The van der Waals surface area contributed by atoms with Gasteiger partial charge < -0.3 is 5.11 Å². The molecule has 1 unspecified atom stereocenters. The summed E-state index contributed by atoms with van der Waals surface area (Å²) in [4.78, 5) is 16.9. The van der Waals surface area contributed by atoms with Gasteiger partial charge in [-0.15, -0.1) is 0 Å². The number of hydrogen-bond acceptors (Lipinski definition) is 3. The minimum atomic E-state index is -0.857. The number of nitrogens with zero attached hydrogens (tertiary/aromatic N) is 2. The van der Waals surface area contributed by atoms with Crippen LogP contribution >= 0.6 is 0 Å². The molecule has 0 aromatic rings. The summed E-state index contributed by atoms with van der Waals surface area (Å²) in [5, 5.41) is 8.70. The third-order valence-corrected chi connectivity index (χ3v) is 2.48. The number of piperidine rings is 1. The Morgan fingerprint density at radius 1 is 1.58 bits per heavy atom. The monoisotopic (exact) mass is 168 g/mol. The van der Waals surface area contributed by atoms with Crippen molar-refractivity contribution >= 4 is 11.7 Å². The van der Waals surface area contributed by atoms with E-state index in [0.717, 1.165) is 13.0 Å². The summed E-state index contributed by atoms with van der Waals surface area (Å²) in [5.41, 5.74) is 0.335. The number of carbonyl (C=O) groups is 1. The Labute approximate surface area is 70.9 Å². The molecule has 1 N–H and O–H groups in total. The van der Waals surface area contributed by atoms with Crippen LogP contribution < -0.4 is 0 Å². The molecule has 0 bridgehead atoms. The van der Waals surface area contributed by atoms with Gasteiger partial charge in [0.15, 0.2) is 0 Å². The van der Waals surface area contributed by atoms with Gasteiger partial charge in [0.25, 0.3) is 0 Å². The quantitative estimate of drug-likeness (QED) is 0.614. The second-order valence-corrected chi connectivity index (χ2v) is 3.33. The molecule has 0 radical (unpaired) electrons. The van der Waals surface area contributed by atoms with Crippen LogP contribution in [0.5, 0.6) is 0 Å². The molecule has 2 aliphatic rings. The first kappa shape index (κ1) is 7.73. The maximum Gasteiger partial charge on any atom is 0.351 e. The van der Waals surface area contributed by atoms with Crippen LogP contribution in [0.1, 0.15) is 19.3 Å². The first-order chi connectivity index (χ1) is 5.77. The smallest absolute Gasteiger partial charge is 0.351 e. The molecule has 1 fully saturated rings. The van der Waals surface area contributed by atoms with Gasteiger partial charge in [0, 0.05) is 13.1 Å². The molecule has 4 nitrogen and oxygen atoms in total. The van der Waals surface area contributed by atoms with Crippen LogP contribution in [-0.2, 0) is 4.79 Å². The van der Waals surface area contributed by atoms with E-state index >= 15 is 0 Å². The normalized spacial score (nSPS) is 29.7. The van der Waals surface area contributed by atoms with Crippen molar-refractivity contribution in [1.82, 2.24) is 4.90 Å². The van der Waals surface area contributed by atoms with Gasteiger partial charge in [-0.1, -0.05) is 0 Å². The zero-order valence-corrected chi connectivity index (χ0v) is 6.86. The minimum Gasteiger partial charge on any atom is -0.477 e. The van der Waals surface area contributed by atoms with E-state index in [1.165, 1.54) is 12.8 Å². The van der Waals surface area contributed by atoms with E-state index in [1.807, 2.05) is 0 Å². The summed E-state index contributed by atoms with van der Waals surface area (Å²) in [7, 11) is 0. The van der Waals surface area contributed by atoms with E-state index in [1.54, 1.807) is 0 Å². The lowest BCUT2D eigenvalue weighted by atomic mass is 10.1. The molecule has 0 amide bonds. The fraction of sp³-hybridized carbons (Fsp3) is 0.750. The zero-order chi connectivity index (χ0) is 8.55. The fourth-order valence-electron chi connectivity index (χ4n) is 1.84. The maximum atomic E-state index is 10.6. The van der Waals surface area contributed by atoms with Crippen molar-refractivity contribution in [3.8, 4) is 0 Å². The molecule has 0 aromatic heterocycles. The second kappa shape index (κ2) is 2.86. The summed E-state index contributed by atoms with van der Waals surface area (Å²) < 4.78 is 0. The van der Waals surface area contributed by atoms with Gasteiger partial charge in [-0.25, -0.2) is 4.79 Å². The van der Waals surface area contributed by atoms with E-state index in [2.05, 4.69) is 9.89 Å². The largest absolute Gasteiger partial charge is 0.477 e. The standard InChI is InChI=1S/C8H12N2O2/c11-8(12)6-5-10-4-2-1-3-7(10)9-6/h7H,1-5H2,(H,11,12). The number of aliphatic carboxylic acids is 1. The Morgan fingerprint density at radius 2 is 2.42 bits per heavy atom. The minimum absolute atomic E-state index is 0.171. The molecule has 66 valence electrons. The van der Waals surface area contributed by atoms with Gasteiger partial charge in [0.2, 0.25) is 0 Å². The number of carboxylic acid groups (broad SMARTS) is 1. The molecule has 1 atom stereocenters. The second-order valence-electron chi connectivity index (χ2n) is 3.33. The van der Waals surface area contributed by atoms with Crippen LogP contribution in [0.25, 0.3) is 0 Å². The summed E-state index contributed by atoms with van der Waals surface area (Å²) in [6, 6.07) is 0. The van der Waals surface area contributed by atoms with E-state index in [0.29, 0.717) is 12.3 Å². The highest BCUT2D eigenvalue weighted by molar-refractivity contribution is 6.37. The molecule has 1 saturated heterocycles. The molecule has 0 spiro atoms. The number of carboxylic acids is 1. The molecule has 4 heteroatoms. The van der Waals surface area contributed by atoms with E-state index in [-0.39, 0.29) is 6.17 Å². The van der Waals surface area contributed by atoms with Crippen LogP contribution in [0.15, 0.2) is 4.99 Å². The Kier molecular flexibility index (Phi) is 1.84. The van der Waals surface area contributed by atoms with Crippen molar-refractivity contribution in [3.05, 3.63) is 0 Å². The van der Waals surface area contributed by atoms with Gasteiger partial charge in [0.1, 0.15) is 11.9 Å². The summed E-state index contributed by atoms with van der Waals surface area (Å²) in [6.07, 6.45) is 3.55. The number of fused-ring (bicyclic) bond motifs is 1.